The fourth-order valence-corrected chi connectivity index (χ4v) is 1.54. The summed E-state index contributed by atoms with van der Waals surface area (Å²) in [5.74, 6) is 1.20. The Morgan fingerprint density at radius 1 is 1.23 bits per heavy atom. The van der Waals surface area contributed by atoms with Crippen LogP contribution >= 0.6 is 11.6 Å². The van der Waals surface area contributed by atoms with Crippen molar-refractivity contribution in [2.24, 2.45) is 5.41 Å². The standard InChI is InChI=1S/C12H17Cl/c1-10(12(2,3)9-13)11-7-5-4-6-8-11/h4-8,10H,9H2,1-3H3. The fourth-order valence-electron chi connectivity index (χ4n) is 1.31. The number of rotatable bonds is 3. The summed E-state index contributed by atoms with van der Waals surface area (Å²) < 4.78 is 0. The Labute approximate surface area is 85.9 Å². The van der Waals surface area contributed by atoms with E-state index in [1.807, 2.05) is 6.07 Å². The lowest BCUT2D eigenvalue weighted by molar-refractivity contribution is 0.345. The molecule has 0 saturated heterocycles. The SMILES string of the molecule is CC(c1ccccc1)C(C)(C)CCl. The van der Waals surface area contributed by atoms with E-state index in [1.165, 1.54) is 5.56 Å². The monoisotopic (exact) mass is 196 g/mol. The molecule has 1 aromatic carbocycles. The minimum atomic E-state index is 0.170. The molecule has 72 valence electrons. The predicted molar refractivity (Wildman–Crippen MR) is 59.4 cm³/mol. The van der Waals surface area contributed by atoms with Crippen molar-refractivity contribution < 1.29 is 0 Å². The van der Waals surface area contributed by atoms with Crippen molar-refractivity contribution in [1.82, 2.24) is 0 Å². The first kappa shape index (κ1) is 10.6. The van der Waals surface area contributed by atoms with E-state index < -0.39 is 0 Å². The van der Waals surface area contributed by atoms with Crippen molar-refractivity contribution in [1.29, 1.82) is 0 Å². The molecule has 1 rings (SSSR count). The Bertz CT molecular complexity index is 251. The lowest BCUT2D eigenvalue weighted by Gasteiger charge is -2.29. The van der Waals surface area contributed by atoms with E-state index in [1.54, 1.807) is 0 Å². The number of alkyl halides is 1. The molecule has 1 aromatic rings. The summed E-state index contributed by atoms with van der Waals surface area (Å²) in [5, 5.41) is 0. The van der Waals surface area contributed by atoms with Gasteiger partial charge in [0.25, 0.3) is 0 Å². The van der Waals surface area contributed by atoms with Crippen molar-refractivity contribution in [3.8, 4) is 0 Å². The third-order valence-electron chi connectivity index (χ3n) is 2.82. The van der Waals surface area contributed by atoms with Gasteiger partial charge < -0.3 is 0 Å². The second-order valence-corrected chi connectivity index (χ2v) is 4.52. The molecule has 0 amide bonds. The van der Waals surface area contributed by atoms with Gasteiger partial charge in [-0.2, -0.15) is 0 Å². The molecule has 0 spiro atoms. The second kappa shape index (κ2) is 4.15. The van der Waals surface area contributed by atoms with Gasteiger partial charge in [-0.05, 0) is 16.9 Å². The molecule has 0 fully saturated rings. The molecule has 0 bridgehead atoms. The van der Waals surface area contributed by atoms with Gasteiger partial charge in [-0.1, -0.05) is 51.1 Å². The van der Waals surface area contributed by atoms with Gasteiger partial charge in [0.05, 0.1) is 0 Å². The van der Waals surface area contributed by atoms with Crippen LogP contribution in [0.1, 0.15) is 32.3 Å². The second-order valence-electron chi connectivity index (χ2n) is 4.25. The maximum atomic E-state index is 5.94. The first-order chi connectivity index (χ1) is 6.08. The van der Waals surface area contributed by atoms with E-state index in [-0.39, 0.29) is 5.41 Å². The smallest absolute Gasteiger partial charge is 0.0280 e. The molecule has 0 heterocycles. The topological polar surface area (TPSA) is 0 Å². The van der Waals surface area contributed by atoms with E-state index in [4.69, 9.17) is 11.6 Å². The predicted octanol–water partition coefficient (Wildman–Crippen LogP) is 4.06. The van der Waals surface area contributed by atoms with Crippen LogP contribution in [0.4, 0.5) is 0 Å². The van der Waals surface area contributed by atoms with Gasteiger partial charge in [0.2, 0.25) is 0 Å². The minimum absolute atomic E-state index is 0.170. The average Bonchev–Trinajstić information content (AvgIpc) is 2.18. The van der Waals surface area contributed by atoms with Crippen LogP contribution in [-0.2, 0) is 0 Å². The summed E-state index contributed by atoms with van der Waals surface area (Å²) in [4.78, 5) is 0. The molecule has 0 N–H and O–H groups in total. The third-order valence-corrected chi connectivity index (χ3v) is 3.51. The zero-order valence-corrected chi connectivity index (χ0v) is 9.31. The van der Waals surface area contributed by atoms with Crippen molar-refractivity contribution >= 4 is 11.6 Å². The minimum Gasteiger partial charge on any atom is -0.126 e. The molecule has 0 aliphatic carbocycles. The average molecular weight is 197 g/mol. The summed E-state index contributed by atoms with van der Waals surface area (Å²) in [5.41, 5.74) is 1.54. The van der Waals surface area contributed by atoms with E-state index in [9.17, 15) is 0 Å². The molecule has 0 aliphatic rings. The Morgan fingerprint density at radius 2 is 1.77 bits per heavy atom. The fraction of sp³-hybridized carbons (Fsp3) is 0.500. The maximum absolute atomic E-state index is 5.94. The van der Waals surface area contributed by atoms with Crippen LogP contribution in [0.25, 0.3) is 0 Å². The highest BCUT2D eigenvalue weighted by atomic mass is 35.5. The largest absolute Gasteiger partial charge is 0.126 e. The lowest BCUT2D eigenvalue weighted by Crippen LogP contribution is -2.21. The summed E-state index contributed by atoms with van der Waals surface area (Å²) in [6, 6.07) is 10.5. The molecule has 0 aliphatic heterocycles. The first-order valence-electron chi connectivity index (χ1n) is 4.69. The molecule has 1 heteroatoms. The number of hydrogen-bond donors (Lipinski definition) is 0. The van der Waals surface area contributed by atoms with E-state index in [2.05, 4.69) is 45.0 Å². The highest BCUT2D eigenvalue weighted by molar-refractivity contribution is 6.18. The molecular formula is C12H17Cl. The Morgan fingerprint density at radius 3 is 2.23 bits per heavy atom. The van der Waals surface area contributed by atoms with Gasteiger partial charge in [-0.25, -0.2) is 0 Å². The van der Waals surface area contributed by atoms with Gasteiger partial charge >= 0.3 is 0 Å². The highest BCUT2D eigenvalue weighted by Crippen LogP contribution is 2.35. The van der Waals surface area contributed by atoms with Crippen molar-refractivity contribution in [3.63, 3.8) is 0 Å². The van der Waals surface area contributed by atoms with Crippen LogP contribution in [0.3, 0.4) is 0 Å². The number of halogens is 1. The number of hydrogen-bond acceptors (Lipinski definition) is 0. The third kappa shape index (κ3) is 2.47. The summed E-state index contributed by atoms with van der Waals surface area (Å²) >= 11 is 5.94. The number of benzene rings is 1. The van der Waals surface area contributed by atoms with Crippen LogP contribution < -0.4 is 0 Å². The zero-order valence-electron chi connectivity index (χ0n) is 8.55. The van der Waals surface area contributed by atoms with Crippen molar-refractivity contribution in [2.45, 2.75) is 26.7 Å². The quantitative estimate of drug-likeness (QED) is 0.640. The van der Waals surface area contributed by atoms with Crippen LogP contribution in [-0.4, -0.2) is 5.88 Å². The molecule has 0 radical (unpaired) electrons. The van der Waals surface area contributed by atoms with Gasteiger partial charge in [-0.3, -0.25) is 0 Å². The molecular weight excluding hydrogens is 180 g/mol. The molecule has 13 heavy (non-hydrogen) atoms. The molecule has 1 unspecified atom stereocenters. The van der Waals surface area contributed by atoms with Gasteiger partial charge in [0.1, 0.15) is 0 Å². The maximum Gasteiger partial charge on any atom is 0.0280 e. The first-order valence-corrected chi connectivity index (χ1v) is 5.22. The van der Waals surface area contributed by atoms with Crippen LogP contribution in [0.15, 0.2) is 30.3 Å². The van der Waals surface area contributed by atoms with E-state index in [0.29, 0.717) is 11.8 Å². The Balaban J connectivity index is 2.85. The summed E-state index contributed by atoms with van der Waals surface area (Å²) in [7, 11) is 0. The Kier molecular flexibility index (Phi) is 3.38. The normalized spacial score (nSPS) is 14.2. The van der Waals surface area contributed by atoms with Gasteiger partial charge in [0.15, 0.2) is 0 Å². The molecule has 0 nitrogen and oxygen atoms in total. The van der Waals surface area contributed by atoms with Crippen LogP contribution in [0.5, 0.6) is 0 Å². The summed E-state index contributed by atoms with van der Waals surface area (Å²) in [6.07, 6.45) is 0. The zero-order chi connectivity index (χ0) is 9.90. The Hall–Kier alpha value is -0.490. The van der Waals surface area contributed by atoms with Crippen LogP contribution in [0, 0.1) is 5.41 Å². The van der Waals surface area contributed by atoms with Crippen LogP contribution in [0.2, 0.25) is 0 Å². The molecule has 1 atom stereocenters. The highest BCUT2D eigenvalue weighted by Gasteiger charge is 2.25. The van der Waals surface area contributed by atoms with Crippen molar-refractivity contribution in [3.05, 3.63) is 35.9 Å². The molecule has 0 saturated carbocycles. The van der Waals surface area contributed by atoms with Gasteiger partial charge in [0, 0.05) is 5.88 Å². The van der Waals surface area contributed by atoms with E-state index in [0.717, 1.165) is 0 Å². The van der Waals surface area contributed by atoms with Gasteiger partial charge in [-0.15, -0.1) is 11.6 Å². The molecule has 0 aromatic heterocycles. The van der Waals surface area contributed by atoms with Crippen molar-refractivity contribution in [2.75, 3.05) is 5.88 Å². The van der Waals surface area contributed by atoms with E-state index >= 15 is 0 Å². The summed E-state index contributed by atoms with van der Waals surface area (Å²) in [6.45, 7) is 6.65. The lowest BCUT2D eigenvalue weighted by atomic mass is 9.78.